The van der Waals surface area contributed by atoms with Gasteiger partial charge in [0.15, 0.2) is 11.5 Å². The number of aromatic amines is 1. The van der Waals surface area contributed by atoms with Gasteiger partial charge in [0, 0.05) is 42.9 Å². The third kappa shape index (κ3) is 3.53. The van der Waals surface area contributed by atoms with Crippen molar-refractivity contribution in [3.63, 3.8) is 0 Å². The first-order chi connectivity index (χ1) is 13.2. The lowest BCUT2D eigenvalue weighted by molar-refractivity contribution is 0.245. The maximum atomic E-state index is 6.40. The molecule has 0 bridgehead atoms. The van der Waals surface area contributed by atoms with Crippen LogP contribution in [0.5, 0.6) is 11.5 Å². The van der Waals surface area contributed by atoms with Crippen molar-refractivity contribution in [2.45, 2.75) is 19.5 Å². The van der Waals surface area contributed by atoms with E-state index in [0.29, 0.717) is 16.5 Å². The number of fused-ring (bicyclic) bond motifs is 1. The SMILES string of the molecule is COc1cc(-c2n[nH]c3c2CN(Cc2ccccc2)CC3)cc(Cl)c1OC. The van der Waals surface area contributed by atoms with Crippen molar-refractivity contribution in [1.82, 2.24) is 15.1 Å². The molecule has 6 heteroatoms. The number of aromatic nitrogens is 2. The van der Waals surface area contributed by atoms with E-state index in [1.807, 2.05) is 18.2 Å². The third-order valence-electron chi connectivity index (χ3n) is 4.97. The highest BCUT2D eigenvalue weighted by Crippen LogP contribution is 2.40. The Balaban J connectivity index is 1.64. The number of nitrogens with one attached hydrogen (secondary N) is 1. The van der Waals surface area contributed by atoms with E-state index in [9.17, 15) is 0 Å². The van der Waals surface area contributed by atoms with Gasteiger partial charge in [-0.25, -0.2) is 0 Å². The quantitative estimate of drug-likeness (QED) is 0.713. The molecule has 0 amide bonds. The van der Waals surface area contributed by atoms with Crippen molar-refractivity contribution in [1.29, 1.82) is 0 Å². The fourth-order valence-electron chi connectivity index (χ4n) is 3.62. The second-order valence-electron chi connectivity index (χ2n) is 6.67. The molecule has 140 valence electrons. The lowest BCUT2D eigenvalue weighted by Gasteiger charge is -2.27. The van der Waals surface area contributed by atoms with Crippen molar-refractivity contribution in [2.24, 2.45) is 0 Å². The van der Waals surface area contributed by atoms with Gasteiger partial charge in [-0.15, -0.1) is 0 Å². The number of rotatable bonds is 5. The maximum Gasteiger partial charge on any atom is 0.179 e. The maximum absolute atomic E-state index is 6.40. The van der Waals surface area contributed by atoms with E-state index in [1.165, 1.54) is 16.8 Å². The number of benzene rings is 2. The minimum absolute atomic E-state index is 0.514. The molecule has 0 unspecified atom stereocenters. The predicted octanol–water partition coefficient (Wildman–Crippen LogP) is 4.31. The summed E-state index contributed by atoms with van der Waals surface area (Å²) in [6.45, 7) is 2.79. The number of methoxy groups -OCH3 is 2. The van der Waals surface area contributed by atoms with Gasteiger partial charge in [0.2, 0.25) is 0 Å². The zero-order valence-corrected chi connectivity index (χ0v) is 16.2. The lowest BCUT2D eigenvalue weighted by atomic mass is 10.00. The molecule has 27 heavy (non-hydrogen) atoms. The lowest BCUT2D eigenvalue weighted by Crippen LogP contribution is -2.29. The zero-order valence-electron chi connectivity index (χ0n) is 15.5. The Morgan fingerprint density at radius 3 is 2.70 bits per heavy atom. The van der Waals surface area contributed by atoms with Crippen LogP contribution in [-0.2, 0) is 19.5 Å². The number of H-pyrrole nitrogens is 1. The summed E-state index contributed by atoms with van der Waals surface area (Å²) in [4.78, 5) is 2.44. The smallest absolute Gasteiger partial charge is 0.179 e. The Bertz CT molecular complexity index is 940. The van der Waals surface area contributed by atoms with E-state index in [0.717, 1.165) is 37.3 Å². The van der Waals surface area contributed by atoms with Crippen LogP contribution in [-0.4, -0.2) is 35.9 Å². The van der Waals surface area contributed by atoms with Gasteiger partial charge in [-0.2, -0.15) is 5.10 Å². The molecule has 0 aliphatic carbocycles. The van der Waals surface area contributed by atoms with Gasteiger partial charge in [0.25, 0.3) is 0 Å². The molecular weight excluding hydrogens is 362 g/mol. The molecule has 5 nitrogen and oxygen atoms in total. The molecule has 2 heterocycles. The summed E-state index contributed by atoms with van der Waals surface area (Å²) in [5, 5.41) is 8.29. The summed E-state index contributed by atoms with van der Waals surface area (Å²) in [7, 11) is 3.20. The van der Waals surface area contributed by atoms with Crippen LogP contribution >= 0.6 is 11.6 Å². The van der Waals surface area contributed by atoms with Crippen molar-refractivity contribution in [2.75, 3.05) is 20.8 Å². The van der Waals surface area contributed by atoms with Gasteiger partial charge in [-0.05, 0) is 17.7 Å². The molecule has 3 aromatic rings. The molecule has 0 saturated carbocycles. The van der Waals surface area contributed by atoms with Gasteiger partial charge < -0.3 is 9.47 Å². The van der Waals surface area contributed by atoms with E-state index in [1.54, 1.807) is 14.2 Å². The van der Waals surface area contributed by atoms with E-state index < -0.39 is 0 Å². The number of halogens is 1. The third-order valence-corrected chi connectivity index (χ3v) is 5.25. The van der Waals surface area contributed by atoms with Gasteiger partial charge in [-0.3, -0.25) is 10.00 Å². The highest BCUT2D eigenvalue weighted by atomic mass is 35.5. The molecule has 4 rings (SSSR count). The van der Waals surface area contributed by atoms with Crippen LogP contribution in [0.2, 0.25) is 5.02 Å². The minimum atomic E-state index is 0.514. The Kier molecular flexibility index (Phi) is 5.05. The van der Waals surface area contributed by atoms with Crippen LogP contribution in [0.4, 0.5) is 0 Å². The average Bonchev–Trinajstić information content (AvgIpc) is 3.11. The normalized spacial score (nSPS) is 14.0. The largest absolute Gasteiger partial charge is 0.493 e. The second kappa shape index (κ2) is 7.62. The summed E-state index contributed by atoms with van der Waals surface area (Å²) in [6, 6.07) is 14.4. The van der Waals surface area contributed by atoms with E-state index >= 15 is 0 Å². The standard InChI is InChI=1S/C21H22ClN3O2/c1-26-19-11-15(10-17(22)21(19)27-2)20-16-13-25(9-8-18(16)23-24-20)12-14-6-4-3-5-7-14/h3-7,10-11H,8-9,12-13H2,1-2H3,(H,23,24). The highest BCUT2D eigenvalue weighted by molar-refractivity contribution is 6.32. The summed E-state index contributed by atoms with van der Waals surface area (Å²) < 4.78 is 10.8. The van der Waals surface area contributed by atoms with Crippen LogP contribution < -0.4 is 9.47 Å². The summed E-state index contributed by atoms with van der Waals surface area (Å²) in [5.41, 5.74) is 5.59. The van der Waals surface area contributed by atoms with Crippen molar-refractivity contribution < 1.29 is 9.47 Å². The predicted molar refractivity (Wildman–Crippen MR) is 106 cm³/mol. The summed E-state index contributed by atoms with van der Waals surface area (Å²) in [5.74, 6) is 1.15. The van der Waals surface area contributed by atoms with E-state index in [-0.39, 0.29) is 0 Å². The van der Waals surface area contributed by atoms with Crippen LogP contribution in [0.25, 0.3) is 11.3 Å². The number of ether oxygens (including phenoxy) is 2. The number of nitrogens with zero attached hydrogens (tertiary/aromatic N) is 2. The molecule has 1 aliphatic rings. The molecule has 0 spiro atoms. The van der Waals surface area contributed by atoms with Crippen molar-refractivity contribution in [3.05, 3.63) is 64.3 Å². The Labute approximate surface area is 163 Å². The molecule has 0 fully saturated rings. The van der Waals surface area contributed by atoms with Gasteiger partial charge in [0.05, 0.1) is 24.9 Å². The van der Waals surface area contributed by atoms with Gasteiger partial charge in [0.1, 0.15) is 0 Å². The van der Waals surface area contributed by atoms with Gasteiger partial charge >= 0.3 is 0 Å². The van der Waals surface area contributed by atoms with Crippen molar-refractivity contribution in [3.8, 4) is 22.8 Å². The van der Waals surface area contributed by atoms with Crippen LogP contribution in [0.15, 0.2) is 42.5 Å². The highest BCUT2D eigenvalue weighted by Gasteiger charge is 2.24. The topological polar surface area (TPSA) is 50.4 Å². The first-order valence-electron chi connectivity index (χ1n) is 8.94. The molecule has 2 aromatic carbocycles. The van der Waals surface area contributed by atoms with E-state index in [4.69, 9.17) is 21.1 Å². The Hall–Kier alpha value is -2.50. The second-order valence-corrected chi connectivity index (χ2v) is 7.08. The molecular formula is C21H22ClN3O2. The van der Waals surface area contributed by atoms with Crippen LogP contribution in [0, 0.1) is 0 Å². The summed E-state index contributed by atoms with van der Waals surface area (Å²) in [6.07, 6.45) is 0.955. The van der Waals surface area contributed by atoms with Crippen LogP contribution in [0.1, 0.15) is 16.8 Å². The molecule has 1 N–H and O–H groups in total. The van der Waals surface area contributed by atoms with Gasteiger partial charge in [-0.1, -0.05) is 41.9 Å². The monoisotopic (exact) mass is 383 g/mol. The average molecular weight is 384 g/mol. The fourth-order valence-corrected chi connectivity index (χ4v) is 3.91. The van der Waals surface area contributed by atoms with Crippen molar-refractivity contribution >= 4 is 11.6 Å². The Morgan fingerprint density at radius 2 is 1.96 bits per heavy atom. The first-order valence-corrected chi connectivity index (χ1v) is 9.31. The molecule has 1 aromatic heterocycles. The number of hydrogen-bond acceptors (Lipinski definition) is 4. The fraction of sp³-hybridized carbons (Fsp3) is 0.286. The minimum Gasteiger partial charge on any atom is -0.493 e. The molecule has 0 radical (unpaired) electrons. The summed E-state index contributed by atoms with van der Waals surface area (Å²) >= 11 is 6.40. The van der Waals surface area contributed by atoms with Crippen LogP contribution in [0.3, 0.4) is 0 Å². The first kappa shape index (κ1) is 17.9. The zero-order chi connectivity index (χ0) is 18.8. The molecule has 0 atom stereocenters. The molecule has 0 saturated heterocycles. The van der Waals surface area contributed by atoms with E-state index in [2.05, 4.69) is 39.4 Å². The number of hydrogen-bond donors (Lipinski definition) is 1. The Morgan fingerprint density at radius 1 is 1.15 bits per heavy atom. The molecule has 1 aliphatic heterocycles.